The van der Waals surface area contributed by atoms with Gasteiger partial charge in [-0.05, 0) is 61.2 Å². The fraction of sp³-hybridized carbons (Fsp3) is 0.400. The Morgan fingerprint density at radius 2 is 2.19 bits per heavy atom. The van der Waals surface area contributed by atoms with E-state index in [1.165, 1.54) is 6.07 Å². The van der Waals surface area contributed by atoms with Gasteiger partial charge in [-0.3, -0.25) is 4.68 Å². The van der Waals surface area contributed by atoms with Crippen molar-refractivity contribution in [1.82, 2.24) is 15.1 Å². The molecule has 0 aliphatic rings. The van der Waals surface area contributed by atoms with E-state index in [9.17, 15) is 4.39 Å². The van der Waals surface area contributed by atoms with Gasteiger partial charge in [-0.15, -0.1) is 0 Å². The molecule has 2 rings (SSSR count). The minimum atomic E-state index is -0.217. The first-order valence-electron chi connectivity index (χ1n) is 6.81. The number of hydrogen-bond acceptors (Lipinski definition) is 2. The molecular formula is C15H18ClFIN3. The summed E-state index contributed by atoms with van der Waals surface area (Å²) in [6, 6.07) is 4.93. The molecule has 0 aliphatic carbocycles. The second kappa shape index (κ2) is 7.07. The number of aryl methyl sites for hydroxylation is 2. The Kier molecular flexibility index (Phi) is 5.62. The van der Waals surface area contributed by atoms with Crippen molar-refractivity contribution in [3.05, 3.63) is 49.6 Å². The summed E-state index contributed by atoms with van der Waals surface area (Å²) in [4.78, 5) is 0. The molecular weight excluding hydrogens is 404 g/mol. The van der Waals surface area contributed by atoms with Crippen LogP contribution in [0.1, 0.15) is 29.9 Å². The lowest BCUT2D eigenvalue weighted by molar-refractivity contribution is 0.538. The molecule has 0 aliphatic heterocycles. The van der Waals surface area contributed by atoms with E-state index in [1.54, 1.807) is 6.07 Å². The maximum Gasteiger partial charge on any atom is 0.124 e. The molecule has 0 bridgehead atoms. The Bertz CT molecular complexity index is 642. The second-order valence-corrected chi connectivity index (χ2v) is 6.41. The van der Waals surface area contributed by atoms with Crippen LogP contribution in [0.4, 0.5) is 4.39 Å². The SMILES string of the molecule is CCn1nc(C)c(Cl)c1CC(NC)c1ccc(F)cc1I. The van der Waals surface area contributed by atoms with E-state index < -0.39 is 0 Å². The first-order chi connectivity index (χ1) is 9.97. The summed E-state index contributed by atoms with van der Waals surface area (Å²) < 4.78 is 16.1. The Labute approximate surface area is 143 Å². The Morgan fingerprint density at radius 1 is 1.48 bits per heavy atom. The van der Waals surface area contributed by atoms with E-state index in [1.807, 2.05) is 31.6 Å². The number of nitrogens with one attached hydrogen (secondary N) is 1. The van der Waals surface area contributed by atoms with Crippen molar-refractivity contribution in [3.8, 4) is 0 Å². The average Bonchev–Trinajstić information content (AvgIpc) is 2.72. The molecule has 1 aromatic heterocycles. The molecule has 1 N–H and O–H groups in total. The quantitative estimate of drug-likeness (QED) is 0.736. The fourth-order valence-electron chi connectivity index (χ4n) is 2.41. The van der Waals surface area contributed by atoms with E-state index in [0.29, 0.717) is 11.4 Å². The van der Waals surface area contributed by atoms with Crippen LogP contribution < -0.4 is 5.32 Å². The van der Waals surface area contributed by atoms with Crippen molar-refractivity contribution in [2.45, 2.75) is 32.9 Å². The van der Waals surface area contributed by atoms with Gasteiger partial charge in [-0.1, -0.05) is 17.7 Å². The van der Waals surface area contributed by atoms with Crippen molar-refractivity contribution >= 4 is 34.2 Å². The summed E-state index contributed by atoms with van der Waals surface area (Å²) in [5.74, 6) is -0.217. The standard InChI is InChI=1S/C15H18ClFIN3/c1-4-21-14(15(16)9(2)20-21)8-13(19-3)11-6-5-10(17)7-12(11)18/h5-7,13,19H,4,8H2,1-3H3. The fourth-order valence-corrected chi connectivity index (χ4v) is 3.47. The van der Waals surface area contributed by atoms with Crippen LogP contribution in [0.3, 0.4) is 0 Å². The van der Waals surface area contributed by atoms with Crippen LogP contribution in [0, 0.1) is 16.3 Å². The molecule has 2 aromatic rings. The maximum absolute atomic E-state index is 13.3. The van der Waals surface area contributed by atoms with Crippen molar-refractivity contribution < 1.29 is 4.39 Å². The number of aromatic nitrogens is 2. The summed E-state index contributed by atoms with van der Waals surface area (Å²) in [6.45, 7) is 4.73. The monoisotopic (exact) mass is 421 g/mol. The van der Waals surface area contributed by atoms with Crippen molar-refractivity contribution in [2.75, 3.05) is 7.05 Å². The number of hydrogen-bond donors (Lipinski definition) is 1. The second-order valence-electron chi connectivity index (χ2n) is 4.87. The van der Waals surface area contributed by atoms with Gasteiger partial charge >= 0.3 is 0 Å². The minimum Gasteiger partial charge on any atom is -0.313 e. The summed E-state index contributed by atoms with van der Waals surface area (Å²) in [6.07, 6.45) is 0.714. The zero-order chi connectivity index (χ0) is 15.6. The third-order valence-corrected chi connectivity index (χ3v) is 4.96. The molecule has 1 unspecified atom stereocenters. The first kappa shape index (κ1) is 16.7. The number of nitrogens with zero attached hydrogens (tertiary/aromatic N) is 2. The smallest absolute Gasteiger partial charge is 0.124 e. The van der Waals surface area contributed by atoms with Crippen LogP contribution >= 0.6 is 34.2 Å². The summed E-state index contributed by atoms with van der Waals surface area (Å²) in [5.41, 5.74) is 2.92. The molecule has 0 radical (unpaired) electrons. The molecule has 3 nitrogen and oxygen atoms in total. The van der Waals surface area contributed by atoms with Gasteiger partial charge in [0, 0.05) is 22.6 Å². The predicted molar refractivity (Wildman–Crippen MR) is 92.3 cm³/mol. The van der Waals surface area contributed by atoms with Gasteiger partial charge in [0.1, 0.15) is 5.82 Å². The van der Waals surface area contributed by atoms with Crippen LogP contribution in [0.25, 0.3) is 0 Å². The van der Waals surface area contributed by atoms with Crippen molar-refractivity contribution in [3.63, 3.8) is 0 Å². The minimum absolute atomic E-state index is 0.0661. The molecule has 0 saturated carbocycles. The Balaban J connectivity index is 2.35. The van der Waals surface area contributed by atoms with E-state index in [2.05, 4.69) is 33.0 Å². The highest BCUT2D eigenvalue weighted by atomic mass is 127. The lowest BCUT2D eigenvalue weighted by Gasteiger charge is -2.19. The normalized spacial score (nSPS) is 12.7. The summed E-state index contributed by atoms with van der Waals surface area (Å²) >= 11 is 8.54. The van der Waals surface area contributed by atoms with E-state index in [4.69, 9.17) is 11.6 Å². The Morgan fingerprint density at radius 3 is 2.76 bits per heavy atom. The van der Waals surface area contributed by atoms with E-state index in [-0.39, 0.29) is 11.9 Å². The highest BCUT2D eigenvalue weighted by molar-refractivity contribution is 14.1. The molecule has 1 heterocycles. The molecule has 1 atom stereocenters. The van der Waals surface area contributed by atoms with Crippen molar-refractivity contribution in [2.24, 2.45) is 0 Å². The molecule has 114 valence electrons. The number of benzene rings is 1. The molecule has 0 fully saturated rings. The lowest BCUT2D eigenvalue weighted by Crippen LogP contribution is -2.21. The highest BCUT2D eigenvalue weighted by Gasteiger charge is 2.20. The van der Waals surface area contributed by atoms with Gasteiger partial charge in [0.2, 0.25) is 0 Å². The predicted octanol–water partition coefficient (Wildman–Crippen LogP) is 4.11. The number of rotatable bonds is 5. The molecule has 1 aromatic carbocycles. The molecule has 21 heavy (non-hydrogen) atoms. The Hall–Kier alpha value is -0.660. The average molecular weight is 422 g/mol. The zero-order valence-electron chi connectivity index (χ0n) is 12.3. The number of halogens is 3. The van der Waals surface area contributed by atoms with Crippen LogP contribution in [0.5, 0.6) is 0 Å². The van der Waals surface area contributed by atoms with Crippen LogP contribution in [0.2, 0.25) is 5.02 Å². The van der Waals surface area contributed by atoms with E-state index >= 15 is 0 Å². The van der Waals surface area contributed by atoms with Gasteiger partial charge in [0.25, 0.3) is 0 Å². The third kappa shape index (κ3) is 3.57. The molecule has 0 amide bonds. The topological polar surface area (TPSA) is 29.9 Å². The zero-order valence-corrected chi connectivity index (χ0v) is 15.2. The maximum atomic E-state index is 13.3. The van der Waals surface area contributed by atoms with Gasteiger partial charge in [0.15, 0.2) is 0 Å². The largest absolute Gasteiger partial charge is 0.313 e. The van der Waals surface area contributed by atoms with Gasteiger partial charge in [0.05, 0.1) is 16.4 Å². The number of likely N-dealkylation sites (N-methyl/N-ethyl adjacent to an activating group) is 1. The van der Waals surface area contributed by atoms with Gasteiger partial charge in [-0.25, -0.2) is 4.39 Å². The van der Waals surface area contributed by atoms with E-state index in [0.717, 1.165) is 27.1 Å². The van der Waals surface area contributed by atoms with Crippen LogP contribution in [0.15, 0.2) is 18.2 Å². The summed E-state index contributed by atoms with van der Waals surface area (Å²) in [5, 5.41) is 8.45. The summed E-state index contributed by atoms with van der Waals surface area (Å²) in [7, 11) is 1.90. The van der Waals surface area contributed by atoms with Gasteiger partial charge in [-0.2, -0.15) is 5.10 Å². The van der Waals surface area contributed by atoms with Crippen LogP contribution in [-0.4, -0.2) is 16.8 Å². The van der Waals surface area contributed by atoms with Crippen LogP contribution in [-0.2, 0) is 13.0 Å². The molecule has 0 saturated heterocycles. The molecule has 0 spiro atoms. The first-order valence-corrected chi connectivity index (χ1v) is 8.27. The van der Waals surface area contributed by atoms with Gasteiger partial charge < -0.3 is 5.32 Å². The van der Waals surface area contributed by atoms with Crippen molar-refractivity contribution in [1.29, 1.82) is 0 Å². The lowest BCUT2D eigenvalue weighted by atomic mass is 10.0. The third-order valence-electron chi connectivity index (χ3n) is 3.54. The molecule has 6 heteroatoms. The highest BCUT2D eigenvalue weighted by Crippen LogP contribution is 2.28.